The zero-order valence-electron chi connectivity index (χ0n) is 13.2. The molecule has 1 unspecified atom stereocenters. The summed E-state index contributed by atoms with van der Waals surface area (Å²) >= 11 is 6.07. The van der Waals surface area contributed by atoms with E-state index in [4.69, 9.17) is 20.9 Å². The Morgan fingerprint density at radius 1 is 1.38 bits per heavy atom. The molecule has 0 bridgehead atoms. The highest BCUT2D eigenvalue weighted by molar-refractivity contribution is 6.31. The molecule has 0 radical (unpaired) electrons. The van der Waals surface area contributed by atoms with Crippen molar-refractivity contribution in [1.82, 2.24) is 15.0 Å². The highest BCUT2D eigenvalue weighted by Gasteiger charge is 2.33. The van der Waals surface area contributed by atoms with Crippen molar-refractivity contribution in [3.05, 3.63) is 40.5 Å². The van der Waals surface area contributed by atoms with Crippen LogP contribution >= 0.6 is 11.6 Å². The first-order chi connectivity index (χ1) is 11.7. The molecule has 1 amide bonds. The molecule has 6 nitrogen and oxygen atoms in total. The number of fused-ring (bicyclic) bond motifs is 1. The van der Waals surface area contributed by atoms with E-state index in [2.05, 4.69) is 10.1 Å². The van der Waals surface area contributed by atoms with Gasteiger partial charge in [0.1, 0.15) is 22.6 Å². The summed E-state index contributed by atoms with van der Waals surface area (Å²) in [5, 5.41) is 4.51. The molecule has 1 fully saturated rings. The van der Waals surface area contributed by atoms with Gasteiger partial charge in [0.15, 0.2) is 5.69 Å². The summed E-state index contributed by atoms with van der Waals surface area (Å²) in [6, 6.07) is 1.74. The quantitative estimate of drug-likeness (QED) is 0.854. The third kappa shape index (κ3) is 2.86. The molecule has 1 aliphatic heterocycles. The van der Waals surface area contributed by atoms with Crippen molar-refractivity contribution in [3.63, 3.8) is 0 Å². The van der Waals surface area contributed by atoms with E-state index in [9.17, 15) is 4.79 Å². The number of halogens is 1. The minimum Gasteiger partial charge on any atom is -0.487 e. The number of aromatic nitrogens is 2. The Kier molecular flexibility index (Phi) is 4.14. The van der Waals surface area contributed by atoms with Crippen LogP contribution in [0.1, 0.15) is 41.1 Å². The third-order valence-electron chi connectivity index (χ3n) is 4.61. The summed E-state index contributed by atoms with van der Waals surface area (Å²) < 4.78 is 11.3. The molecule has 2 aliphatic rings. The SMILES string of the molecule is O=C(c1noc2c1CCCC2)N1CCC(Oc2ccncc2Cl)C1. The van der Waals surface area contributed by atoms with Crippen molar-refractivity contribution in [2.24, 2.45) is 0 Å². The van der Waals surface area contributed by atoms with Crippen molar-refractivity contribution in [3.8, 4) is 5.75 Å². The molecule has 2 aromatic rings. The molecule has 3 heterocycles. The lowest BCUT2D eigenvalue weighted by molar-refractivity contribution is 0.0761. The molecule has 1 saturated heterocycles. The number of rotatable bonds is 3. The van der Waals surface area contributed by atoms with Crippen LogP contribution in [-0.4, -0.2) is 40.1 Å². The molecular formula is C17H18ClN3O3. The summed E-state index contributed by atoms with van der Waals surface area (Å²) in [5.41, 5.74) is 1.47. The van der Waals surface area contributed by atoms with Gasteiger partial charge in [0, 0.05) is 43.4 Å². The van der Waals surface area contributed by atoms with E-state index in [1.54, 1.807) is 23.4 Å². The van der Waals surface area contributed by atoms with Gasteiger partial charge in [0.05, 0.1) is 6.54 Å². The number of hydrogen-bond donors (Lipinski definition) is 0. The smallest absolute Gasteiger partial charge is 0.276 e. The first kappa shape index (κ1) is 15.4. The lowest BCUT2D eigenvalue weighted by Crippen LogP contribution is -2.32. The van der Waals surface area contributed by atoms with Crippen molar-refractivity contribution in [1.29, 1.82) is 0 Å². The fraction of sp³-hybridized carbons (Fsp3) is 0.471. The van der Waals surface area contributed by atoms with Crippen LogP contribution in [0.15, 0.2) is 23.0 Å². The van der Waals surface area contributed by atoms with Crippen LogP contribution in [0.25, 0.3) is 0 Å². The van der Waals surface area contributed by atoms with Gasteiger partial charge in [-0.25, -0.2) is 0 Å². The maximum absolute atomic E-state index is 12.8. The van der Waals surface area contributed by atoms with Gasteiger partial charge in [0.2, 0.25) is 0 Å². The molecule has 0 aromatic carbocycles. The second kappa shape index (κ2) is 6.43. The summed E-state index contributed by atoms with van der Waals surface area (Å²) in [5.74, 6) is 1.42. The van der Waals surface area contributed by atoms with Gasteiger partial charge in [-0.15, -0.1) is 0 Å². The summed E-state index contributed by atoms with van der Waals surface area (Å²) in [7, 11) is 0. The van der Waals surface area contributed by atoms with E-state index in [0.717, 1.165) is 43.4 Å². The van der Waals surface area contributed by atoms with Gasteiger partial charge in [-0.1, -0.05) is 16.8 Å². The first-order valence-corrected chi connectivity index (χ1v) is 8.63. The van der Waals surface area contributed by atoms with Gasteiger partial charge < -0.3 is 14.2 Å². The van der Waals surface area contributed by atoms with E-state index in [1.807, 2.05) is 0 Å². The van der Waals surface area contributed by atoms with Crippen LogP contribution in [0.4, 0.5) is 0 Å². The highest BCUT2D eigenvalue weighted by atomic mass is 35.5. The number of carbonyl (C=O) groups excluding carboxylic acids is 1. The lowest BCUT2D eigenvalue weighted by atomic mass is 9.96. The van der Waals surface area contributed by atoms with Crippen molar-refractivity contribution >= 4 is 17.5 Å². The van der Waals surface area contributed by atoms with E-state index >= 15 is 0 Å². The number of likely N-dealkylation sites (tertiary alicyclic amines) is 1. The highest BCUT2D eigenvalue weighted by Crippen LogP contribution is 2.28. The van der Waals surface area contributed by atoms with Crippen LogP contribution < -0.4 is 4.74 Å². The maximum Gasteiger partial charge on any atom is 0.276 e. The molecular weight excluding hydrogens is 330 g/mol. The Labute approximate surface area is 144 Å². The summed E-state index contributed by atoms with van der Waals surface area (Å²) in [4.78, 5) is 18.5. The first-order valence-electron chi connectivity index (χ1n) is 8.25. The summed E-state index contributed by atoms with van der Waals surface area (Å²) in [6.45, 7) is 1.17. The minimum absolute atomic E-state index is 0.0613. The predicted octanol–water partition coefficient (Wildman–Crippen LogP) is 2.90. The maximum atomic E-state index is 12.8. The van der Waals surface area contributed by atoms with Gasteiger partial charge in [-0.3, -0.25) is 9.78 Å². The van der Waals surface area contributed by atoms with Gasteiger partial charge in [-0.2, -0.15) is 0 Å². The number of amides is 1. The standard InChI is InChI=1S/C17H18ClN3O3/c18-13-9-19-7-5-15(13)23-11-6-8-21(10-11)17(22)16-12-3-1-2-4-14(12)24-20-16/h5,7,9,11H,1-4,6,8,10H2. The van der Waals surface area contributed by atoms with Crippen molar-refractivity contribution in [2.45, 2.75) is 38.2 Å². The average molecular weight is 348 g/mol. The van der Waals surface area contributed by atoms with E-state index in [0.29, 0.717) is 29.6 Å². The van der Waals surface area contributed by atoms with Gasteiger partial charge >= 0.3 is 0 Å². The molecule has 7 heteroatoms. The van der Waals surface area contributed by atoms with E-state index in [1.165, 1.54) is 0 Å². The molecule has 0 saturated carbocycles. The number of ether oxygens (including phenoxy) is 1. The Balaban J connectivity index is 1.44. The molecule has 24 heavy (non-hydrogen) atoms. The Bertz CT molecular complexity index is 761. The summed E-state index contributed by atoms with van der Waals surface area (Å²) in [6.07, 6.45) is 7.82. The fourth-order valence-electron chi connectivity index (χ4n) is 3.35. The second-order valence-corrected chi connectivity index (χ2v) is 6.63. The Hall–Kier alpha value is -2.08. The predicted molar refractivity (Wildman–Crippen MR) is 87.3 cm³/mol. The van der Waals surface area contributed by atoms with Crippen LogP contribution in [0, 0.1) is 0 Å². The number of carbonyl (C=O) groups is 1. The molecule has 1 atom stereocenters. The van der Waals surface area contributed by atoms with Crippen LogP contribution in [0.2, 0.25) is 5.02 Å². The zero-order valence-corrected chi connectivity index (χ0v) is 14.0. The van der Waals surface area contributed by atoms with Gasteiger partial charge in [0.25, 0.3) is 5.91 Å². The van der Waals surface area contributed by atoms with E-state index in [-0.39, 0.29) is 12.0 Å². The van der Waals surface area contributed by atoms with Crippen molar-refractivity contribution in [2.75, 3.05) is 13.1 Å². The largest absolute Gasteiger partial charge is 0.487 e. The normalized spacial score (nSPS) is 20.0. The number of nitrogens with zero attached hydrogens (tertiary/aromatic N) is 3. The lowest BCUT2D eigenvalue weighted by Gasteiger charge is -2.17. The topological polar surface area (TPSA) is 68.5 Å². The number of pyridine rings is 1. The molecule has 0 N–H and O–H groups in total. The molecule has 126 valence electrons. The van der Waals surface area contributed by atoms with Gasteiger partial charge in [-0.05, 0) is 19.3 Å². The number of hydrogen-bond acceptors (Lipinski definition) is 5. The molecule has 0 spiro atoms. The fourth-order valence-corrected chi connectivity index (χ4v) is 3.51. The third-order valence-corrected chi connectivity index (χ3v) is 4.90. The number of aryl methyl sites for hydroxylation is 1. The Morgan fingerprint density at radius 2 is 2.25 bits per heavy atom. The Morgan fingerprint density at radius 3 is 3.12 bits per heavy atom. The second-order valence-electron chi connectivity index (χ2n) is 6.23. The molecule has 2 aromatic heterocycles. The monoisotopic (exact) mass is 347 g/mol. The van der Waals surface area contributed by atoms with Crippen LogP contribution in [0.5, 0.6) is 5.75 Å². The van der Waals surface area contributed by atoms with E-state index < -0.39 is 0 Å². The average Bonchev–Trinajstić information content (AvgIpc) is 3.23. The van der Waals surface area contributed by atoms with Crippen LogP contribution in [0.3, 0.4) is 0 Å². The molecule has 1 aliphatic carbocycles. The minimum atomic E-state index is -0.0726. The molecule has 4 rings (SSSR count). The zero-order chi connectivity index (χ0) is 16.5. The van der Waals surface area contributed by atoms with Crippen LogP contribution in [-0.2, 0) is 12.8 Å². The van der Waals surface area contributed by atoms with Crippen molar-refractivity contribution < 1.29 is 14.1 Å².